The first kappa shape index (κ1) is 10.0. The Labute approximate surface area is 88.7 Å². The van der Waals surface area contributed by atoms with Crippen molar-refractivity contribution >= 4 is 5.97 Å². The van der Waals surface area contributed by atoms with Crippen LogP contribution in [0.15, 0.2) is 18.2 Å². The number of carboxylic acids is 1. The number of rotatable bonds is 3. The van der Waals surface area contributed by atoms with E-state index < -0.39 is 5.97 Å². The van der Waals surface area contributed by atoms with Gasteiger partial charge in [0.25, 0.3) is 0 Å². The van der Waals surface area contributed by atoms with Gasteiger partial charge in [0.2, 0.25) is 0 Å². The van der Waals surface area contributed by atoms with Crippen LogP contribution in [0.4, 0.5) is 0 Å². The lowest BCUT2D eigenvalue weighted by molar-refractivity contribution is 0.0679. The van der Waals surface area contributed by atoms with E-state index in [1.165, 1.54) is 6.42 Å². The van der Waals surface area contributed by atoms with Gasteiger partial charge in [0.1, 0.15) is 11.3 Å². The summed E-state index contributed by atoms with van der Waals surface area (Å²) < 4.78 is 5.64. The van der Waals surface area contributed by atoms with Gasteiger partial charge < -0.3 is 9.84 Å². The molecule has 0 bridgehead atoms. The summed E-state index contributed by atoms with van der Waals surface area (Å²) in [5.74, 6) is -0.420. The maximum atomic E-state index is 10.9. The molecule has 80 valence electrons. The Morgan fingerprint density at radius 1 is 1.47 bits per heavy atom. The standard InChI is InChI=1S/C12H14O3/c1-8-5-6-10(12(13)14)11(7-8)15-9-3-2-4-9/h5-7,9H,2-4H2,1H3,(H,13,14). The molecule has 0 heterocycles. The first-order valence-electron chi connectivity index (χ1n) is 5.17. The summed E-state index contributed by atoms with van der Waals surface area (Å²) in [6, 6.07) is 5.19. The number of carbonyl (C=O) groups is 1. The van der Waals surface area contributed by atoms with Crippen molar-refractivity contribution in [2.45, 2.75) is 32.3 Å². The van der Waals surface area contributed by atoms with Gasteiger partial charge >= 0.3 is 5.97 Å². The zero-order valence-electron chi connectivity index (χ0n) is 8.69. The fourth-order valence-corrected chi connectivity index (χ4v) is 1.57. The van der Waals surface area contributed by atoms with E-state index >= 15 is 0 Å². The normalized spacial score (nSPS) is 15.8. The SMILES string of the molecule is Cc1ccc(C(=O)O)c(OC2CCC2)c1. The van der Waals surface area contributed by atoms with Crippen molar-refractivity contribution < 1.29 is 14.6 Å². The second kappa shape index (κ2) is 3.93. The average Bonchev–Trinajstić information content (AvgIpc) is 2.11. The molecule has 0 unspecified atom stereocenters. The predicted octanol–water partition coefficient (Wildman–Crippen LogP) is 2.62. The maximum absolute atomic E-state index is 10.9. The van der Waals surface area contributed by atoms with Crippen molar-refractivity contribution in [1.29, 1.82) is 0 Å². The molecular weight excluding hydrogens is 192 g/mol. The van der Waals surface area contributed by atoms with Crippen molar-refractivity contribution in [3.05, 3.63) is 29.3 Å². The summed E-state index contributed by atoms with van der Waals surface area (Å²) in [6.07, 6.45) is 3.46. The number of hydrogen-bond acceptors (Lipinski definition) is 2. The second-order valence-corrected chi connectivity index (χ2v) is 3.98. The van der Waals surface area contributed by atoms with Crippen molar-refractivity contribution in [1.82, 2.24) is 0 Å². The highest BCUT2D eigenvalue weighted by Gasteiger charge is 2.21. The highest BCUT2D eigenvalue weighted by molar-refractivity contribution is 5.91. The molecule has 1 N–H and O–H groups in total. The van der Waals surface area contributed by atoms with Crippen LogP contribution in [0, 0.1) is 6.92 Å². The van der Waals surface area contributed by atoms with Crippen molar-refractivity contribution in [3.63, 3.8) is 0 Å². The van der Waals surface area contributed by atoms with E-state index in [1.54, 1.807) is 18.2 Å². The van der Waals surface area contributed by atoms with Crippen LogP contribution in [0.5, 0.6) is 5.75 Å². The van der Waals surface area contributed by atoms with E-state index in [1.807, 2.05) is 6.92 Å². The van der Waals surface area contributed by atoms with Gasteiger partial charge in [-0.15, -0.1) is 0 Å². The van der Waals surface area contributed by atoms with Gasteiger partial charge in [-0.3, -0.25) is 0 Å². The minimum Gasteiger partial charge on any atom is -0.490 e. The number of carboxylic acid groups (broad SMARTS) is 1. The van der Waals surface area contributed by atoms with Gasteiger partial charge in [0.05, 0.1) is 6.10 Å². The predicted molar refractivity (Wildman–Crippen MR) is 56.4 cm³/mol. The molecule has 0 atom stereocenters. The van der Waals surface area contributed by atoms with E-state index in [9.17, 15) is 4.79 Å². The molecule has 0 amide bonds. The summed E-state index contributed by atoms with van der Waals surface area (Å²) in [4.78, 5) is 10.9. The van der Waals surface area contributed by atoms with Gasteiger partial charge in [-0.2, -0.15) is 0 Å². The van der Waals surface area contributed by atoms with E-state index in [0.717, 1.165) is 18.4 Å². The third-order valence-electron chi connectivity index (χ3n) is 2.71. The van der Waals surface area contributed by atoms with E-state index in [2.05, 4.69) is 0 Å². The molecule has 3 heteroatoms. The molecule has 0 aliphatic heterocycles. The maximum Gasteiger partial charge on any atom is 0.339 e. The smallest absolute Gasteiger partial charge is 0.339 e. The third-order valence-corrected chi connectivity index (χ3v) is 2.71. The number of ether oxygens (including phenoxy) is 1. The third kappa shape index (κ3) is 2.12. The monoisotopic (exact) mass is 206 g/mol. The Balaban J connectivity index is 2.24. The van der Waals surface area contributed by atoms with Crippen LogP contribution < -0.4 is 4.74 Å². The molecule has 1 fully saturated rings. The highest BCUT2D eigenvalue weighted by Crippen LogP contribution is 2.28. The van der Waals surface area contributed by atoms with Gasteiger partial charge in [0.15, 0.2) is 0 Å². The lowest BCUT2D eigenvalue weighted by atomic mass is 9.96. The lowest BCUT2D eigenvalue weighted by Crippen LogP contribution is -2.25. The van der Waals surface area contributed by atoms with Crippen LogP contribution in [-0.2, 0) is 0 Å². The van der Waals surface area contributed by atoms with E-state index in [0.29, 0.717) is 5.75 Å². The molecular formula is C12H14O3. The number of aromatic carboxylic acids is 1. The Morgan fingerprint density at radius 3 is 2.73 bits per heavy atom. The molecule has 1 aliphatic rings. The molecule has 1 aromatic rings. The van der Waals surface area contributed by atoms with Crippen molar-refractivity contribution in [2.75, 3.05) is 0 Å². The summed E-state index contributed by atoms with van der Waals surface area (Å²) in [5, 5.41) is 8.98. The minimum atomic E-state index is -0.927. The largest absolute Gasteiger partial charge is 0.490 e. The second-order valence-electron chi connectivity index (χ2n) is 3.98. The molecule has 15 heavy (non-hydrogen) atoms. The average molecular weight is 206 g/mol. The summed E-state index contributed by atoms with van der Waals surface area (Å²) >= 11 is 0. The number of hydrogen-bond donors (Lipinski definition) is 1. The zero-order chi connectivity index (χ0) is 10.8. The van der Waals surface area contributed by atoms with Crippen LogP contribution in [0.3, 0.4) is 0 Å². The van der Waals surface area contributed by atoms with E-state index in [-0.39, 0.29) is 11.7 Å². The molecule has 0 saturated heterocycles. The van der Waals surface area contributed by atoms with Gasteiger partial charge in [-0.05, 0) is 43.9 Å². The van der Waals surface area contributed by atoms with Crippen LogP contribution in [0.2, 0.25) is 0 Å². The summed E-state index contributed by atoms with van der Waals surface area (Å²) in [5.41, 5.74) is 1.28. The Bertz CT molecular complexity index is 380. The molecule has 0 aromatic heterocycles. The highest BCUT2D eigenvalue weighted by atomic mass is 16.5. The first-order chi connectivity index (χ1) is 7.16. The van der Waals surface area contributed by atoms with Gasteiger partial charge in [-0.1, -0.05) is 6.07 Å². The fourth-order valence-electron chi connectivity index (χ4n) is 1.57. The van der Waals surface area contributed by atoms with Gasteiger partial charge in [-0.25, -0.2) is 4.79 Å². The van der Waals surface area contributed by atoms with E-state index in [4.69, 9.17) is 9.84 Å². The lowest BCUT2D eigenvalue weighted by Gasteiger charge is -2.27. The van der Waals surface area contributed by atoms with Crippen LogP contribution >= 0.6 is 0 Å². The Kier molecular flexibility index (Phi) is 2.62. The summed E-state index contributed by atoms with van der Waals surface area (Å²) in [6.45, 7) is 1.93. The fraction of sp³-hybridized carbons (Fsp3) is 0.417. The molecule has 0 radical (unpaired) electrons. The van der Waals surface area contributed by atoms with Gasteiger partial charge in [0, 0.05) is 0 Å². The Hall–Kier alpha value is -1.51. The number of aryl methyl sites for hydroxylation is 1. The molecule has 1 aliphatic carbocycles. The molecule has 3 nitrogen and oxygen atoms in total. The van der Waals surface area contributed by atoms with Crippen molar-refractivity contribution in [3.8, 4) is 5.75 Å². The van der Waals surface area contributed by atoms with Crippen LogP contribution in [-0.4, -0.2) is 17.2 Å². The molecule has 0 spiro atoms. The first-order valence-corrected chi connectivity index (χ1v) is 5.17. The molecule has 1 aromatic carbocycles. The quantitative estimate of drug-likeness (QED) is 0.826. The minimum absolute atomic E-state index is 0.213. The molecule has 1 saturated carbocycles. The van der Waals surface area contributed by atoms with Crippen LogP contribution in [0.1, 0.15) is 35.2 Å². The van der Waals surface area contributed by atoms with Crippen molar-refractivity contribution in [2.24, 2.45) is 0 Å². The topological polar surface area (TPSA) is 46.5 Å². The van der Waals surface area contributed by atoms with Crippen LogP contribution in [0.25, 0.3) is 0 Å². The summed E-state index contributed by atoms with van der Waals surface area (Å²) in [7, 11) is 0. The Morgan fingerprint density at radius 2 is 2.20 bits per heavy atom. The molecule has 2 rings (SSSR count). The number of benzene rings is 1. The zero-order valence-corrected chi connectivity index (χ0v) is 8.69.